The molecule has 4 nitrogen and oxygen atoms in total. The van der Waals surface area contributed by atoms with Crippen molar-refractivity contribution in [2.75, 3.05) is 11.4 Å². The number of anilines is 1. The number of rotatable bonds is 4. The molecule has 2 atom stereocenters. The first-order valence-electron chi connectivity index (χ1n) is 8.04. The lowest BCUT2D eigenvalue weighted by Gasteiger charge is -2.31. The van der Waals surface area contributed by atoms with Crippen LogP contribution in [0.3, 0.4) is 0 Å². The van der Waals surface area contributed by atoms with E-state index < -0.39 is 6.10 Å². The number of aryl methyl sites for hydroxylation is 1. The molecule has 1 aliphatic heterocycles. The summed E-state index contributed by atoms with van der Waals surface area (Å²) >= 11 is 1.48. The van der Waals surface area contributed by atoms with Gasteiger partial charge in [0.1, 0.15) is 5.82 Å². The average Bonchev–Trinajstić information content (AvgIpc) is 2.83. The fourth-order valence-electron chi connectivity index (χ4n) is 3.15. The Bertz CT molecular complexity index is 587. The van der Waals surface area contributed by atoms with Gasteiger partial charge in [0.2, 0.25) is 5.13 Å². The van der Waals surface area contributed by atoms with Crippen molar-refractivity contribution in [3.8, 4) is 0 Å². The first-order chi connectivity index (χ1) is 10.7. The third-order valence-corrected chi connectivity index (χ3v) is 5.16. The van der Waals surface area contributed by atoms with Gasteiger partial charge in [-0.05, 0) is 31.7 Å². The first kappa shape index (κ1) is 15.4. The summed E-state index contributed by atoms with van der Waals surface area (Å²) in [6.07, 6.45) is 5.12. The zero-order valence-electron chi connectivity index (χ0n) is 13.0. The second-order valence-corrected chi connectivity index (χ2v) is 6.71. The van der Waals surface area contributed by atoms with Crippen molar-refractivity contribution < 1.29 is 5.11 Å². The minimum Gasteiger partial charge on any atom is -0.388 e. The van der Waals surface area contributed by atoms with Crippen LogP contribution in [0.4, 0.5) is 5.13 Å². The zero-order chi connectivity index (χ0) is 15.4. The summed E-state index contributed by atoms with van der Waals surface area (Å²) in [5.41, 5.74) is 1.00. The number of nitrogens with zero attached hydrogens (tertiary/aromatic N) is 3. The van der Waals surface area contributed by atoms with Gasteiger partial charge in [0, 0.05) is 24.1 Å². The normalized spacial score (nSPS) is 20.6. The maximum Gasteiger partial charge on any atom is 0.205 e. The molecule has 1 aliphatic rings. The Morgan fingerprint density at radius 1 is 1.27 bits per heavy atom. The molecule has 1 aromatic carbocycles. The highest BCUT2D eigenvalue weighted by molar-refractivity contribution is 7.09. The Hall–Kier alpha value is -1.46. The molecular formula is C17H23N3OS. The van der Waals surface area contributed by atoms with Crippen LogP contribution in [0.5, 0.6) is 0 Å². The van der Waals surface area contributed by atoms with Gasteiger partial charge in [0.15, 0.2) is 0 Å². The molecule has 2 heterocycles. The van der Waals surface area contributed by atoms with Gasteiger partial charge in [0.25, 0.3) is 0 Å². The maximum absolute atomic E-state index is 10.6. The molecule has 0 bridgehead atoms. The van der Waals surface area contributed by atoms with E-state index in [9.17, 15) is 5.11 Å². The van der Waals surface area contributed by atoms with E-state index >= 15 is 0 Å². The summed E-state index contributed by atoms with van der Waals surface area (Å²) in [5, 5.41) is 11.6. The van der Waals surface area contributed by atoms with E-state index in [0.717, 1.165) is 35.9 Å². The number of hydrogen-bond acceptors (Lipinski definition) is 5. The topological polar surface area (TPSA) is 49.2 Å². The monoisotopic (exact) mass is 317 g/mol. The van der Waals surface area contributed by atoms with Crippen LogP contribution in [0.1, 0.15) is 49.6 Å². The quantitative estimate of drug-likeness (QED) is 0.933. The van der Waals surface area contributed by atoms with Gasteiger partial charge in [-0.3, -0.25) is 0 Å². The smallest absolute Gasteiger partial charge is 0.205 e. The van der Waals surface area contributed by atoms with Gasteiger partial charge in [-0.15, -0.1) is 0 Å². The SMILES string of the molecule is Cc1nsc(N2CCCCCC2CC(O)c2ccccc2)n1. The van der Waals surface area contributed by atoms with Crippen LogP contribution in [0.25, 0.3) is 0 Å². The molecule has 0 saturated carbocycles. The second kappa shape index (κ2) is 7.20. The van der Waals surface area contributed by atoms with E-state index in [1.807, 2.05) is 37.3 Å². The van der Waals surface area contributed by atoms with Crippen molar-refractivity contribution in [3.63, 3.8) is 0 Å². The summed E-state index contributed by atoms with van der Waals surface area (Å²) in [6.45, 7) is 2.95. The Balaban J connectivity index is 1.76. The standard InChI is InChI=1S/C17H23N3OS/c1-13-18-17(22-19-13)20-11-7-3-6-10-15(20)12-16(21)14-8-4-2-5-9-14/h2,4-5,8-9,15-16,21H,3,6-7,10-12H2,1H3. The molecule has 1 N–H and O–H groups in total. The minimum atomic E-state index is -0.416. The maximum atomic E-state index is 10.6. The van der Waals surface area contributed by atoms with Gasteiger partial charge in [0.05, 0.1) is 6.10 Å². The summed E-state index contributed by atoms with van der Waals surface area (Å²) in [5.74, 6) is 0.839. The molecule has 1 saturated heterocycles. The molecule has 5 heteroatoms. The van der Waals surface area contributed by atoms with Gasteiger partial charge in [-0.2, -0.15) is 4.37 Å². The predicted molar refractivity (Wildman–Crippen MR) is 90.3 cm³/mol. The highest BCUT2D eigenvalue weighted by Gasteiger charge is 2.26. The molecule has 1 aromatic heterocycles. The largest absolute Gasteiger partial charge is 0.388 e. The fraction of sp³-hybridized carbons (Fsp3) is 0.529. The molecule has 0 spiro atoms. The van der Waals surface area contributed by atoms with Crippen molar-refractivity contribution in [2.45, 2.75) is 51.2 Å². The summed E-state index contributed by atoms with van der Waals surface area (Å²) in [7, 11) is 0. The van der Waals surface area contributed by atoms with E-state index in [2.05, 4.69) is 14.3 Å². The lowest BCUT2D eigenvalue weighted by Crippen LogP contribution is -2.36. The molecule has 0 radical (unpaired) electrons. The van der Waals surface area contributed by atoms with Gasteiger partial charge >= 0.3 is 0 Å². The van der Waals surface area contributed by atoms with Crippen LogP contribution in [-0.4, -0.2) is 27.1 Å². The van der Waals surface area contributed by atoms with Crippen LogP contribution >= 0.6 is 11.5 Å². The zero-order valence-corrected chi connectivity index (χ0v) is 13.8. The fourth-order valence-corrected chi connectivity index (χ4v) is 3.92. The Kier molecular flexibility index (Phi) is 5.05. The Labute approximate surface area is 136 Å². The summed E-state index contributed by atoms with van der Waals surface area (Å²) < 4.78 is 4.32. The number of aliphatic hydroxyl groups excluding tert-OH is 1. The highest BCUT2D eigenvalue weighted by Crippen LogP contribution is 2.30. The van der Waals surface area contributed by atoms with Crippen molar-refractivity contribution in [2.24, 2.45) is 0 Å². The number of benzene rings is 1. The Morgan fingerprint density at radius 3 is 2.82 bits per heavy atom. The van der Waals surface area contributed by atoms with Gasteiger partial charge < -0.3 is 10.0 Å². The van der Waals surface area contributed by atoms with E-state index in [0.29, 0.717) is 6.04 Å². The molecule has 2 aromatic rings. The minimum absolute atomic E-state index is 0.338. The van der Waals surface area contributed by atoms with E-state index in [4.69, 9.17) is 0 Å². The lowest BCUT2D eigenvalue weighted by atomic mass is 9.98. The van der Waals surface area contributed by atoms with Crippen LogP contribution in [0.15, 0.2) is 30.3 Å². The van der Waals surface area contributed by atoms with E-state index in [-0.39, 0.29) is 0 Å². The molecule has 22 heavy (non-hydrogen) atoms. The van der Waals surface area contributed by atoms with Crippen LogP contribution in [0, 0.1) is 6.92 Å². The lowest BCUT2D eigenvalue weighted by molar-refractivity contribution is 0.155. The predicted octanol–water partition coefficient (Wildman–Crippen LogP) is 3.72. The molecule has 2 unspecified atom stereocenters. The van der Waals surface area contributed by atoms with Crippen molar-refractivity contribution in [1.29, 1.82) is 0 Å². The van der Waals surface area contributed by atoms with Crippen LogP contribution in [0.2, 0.25) is 0 Å². The number of aliphatic hydroxyl groups is 1. The molecule has 3 rings (SSSR count). The van der Waals surface area contributed by atoms with Crippen molar-refractivity contribution >= 4 is 16.7 Å². The summed E-state index contributed by atoms with van der Waals surface area (Å²) in [4.78, 5) is 6.92. The molecular weight excluding hydrogens is 294 g/mol. The summed E-state index contributed by atoms with van der Waals surface area (Å²) in [6, 6.07) is 10.3. The van der Waals surface area contributed by atoms with E-state index in [1.54, 1.807) is 0 Å². The van der Waals surface area contributed by atoms with Crippen molar-refractivity contribution in [3.05, 3.63) is 41.7 Å². The van der Waals surface area contributed by atoms with Crippen LogP contribution in [-0.2, 0) is 0 Å². The average molecular weight is 317 g/mol. The van der Waals surface area contributed by atoms with Gasteiger partial charge in [-0.1, -0.05) is 43.2 Å². The Morgan fingerprint density at radius 2 is 2.09 bits per heavy atom. The third-order valence-electron chi connectivity index (χ3n) is 4.32. The van der Waals surface area contributed by atoms with Crippen LogP contribution < -0.4 is 4.90 Å². The molecule has 118 valence electrons. The second-order valence-electron chi connectivity index (χ2n) is 5.98. The van der Waals surface area contributed by atoms with Gasteiger partial charge in [-0.25, -0.2) is 4.98 Å². The highest BCUT2D eigenvalue weighted by atomic mass is 32.1. The van der Waals surface area contributed by atoms with E-state index in [1.165, 1.54) is 30.8 Å². The molecule has 1 fully saturated rings. The van der Waals surface area contributed by atoms with Crippen molar-refractivity contribution in [1.82, 2.24) is 9.36 Å². The third kappa shape index (κ3) is 3.65. The molecule has 0 amide bonds. The molecule has 0 aliphatic carbocycles. The number of hydrogen-bond donors (Lipinski definition) is 1. The first-order valence-corrected chi connectivity index (χ1v) is 8.81. The number of aromatic nitrogens is 2.